The highest BCUT2D eigenvalue weighted by Gasteiger charge is 2.27. The normalized spacial score (nSPS) is 11.0. The summed E-state index contributed by atoms with van der Waals surface area (Å²) in [4.78, 5) is 23.7. The smallest absolute Gasteiger partial charge is 0.411 e. The molecule has 2 aromatic carbocycles. The molecular weight excluding hydrogens is 511 g/mol. The largest absolute Gasteiger partial charge is 0.493 e. The van der Waals surface area contributed by atoms with Gasteiger partial charge in [0.2, 0.25) is 0 Å². The molecular formula is C23H25ClF3NO6S. The van der Waals surface area contributed by atoms with Crippen LogP contribution < -0.4 is 14.8 Å². The average Bonchev–Trinajstić information content (AvgIpc) is 2.79. The van der Waals surface area contributed by atoms with Crippen molar-refractivity contribution in [3.05, 3.63) is 47.5 Å². The van der Waals surface area contributed by atoms with Gasteiger partial charge in [0.05, 0.1) is 31.8 Å². The van der Waals surface area contributed by atoms with Crippen molar-refractivity contribution in [2.45, 2.75) is 25.3 Å². The van der Waals surface area contributed by atoms with Gasteiger partial charge in [-0.1, -0.05) is 6.07 Å². The lowest BCUT2D eigenvalue weighted by Gasteiger charge is -2.16. The number of esters is 1. The van der Waals surface area contributed by atoms with Crippen LogP contribution in [0.3, 0.4) is 0 Å². The van der Waals surface area contributed by atoms with Crippen molar-refractivity contribution in [2.75, 3.05) is 37.3 Å². The quantitative estimate of drug-likeness (QED) is 0.257. The van der Waals surface area contributed by atoms with E-state index in [2.05, 4.69) is 5.32 Å². The van der Waals surface area contributed by atoms with Crippen LogP contribution in [0, 0.1) is 0 Å². The summed E-state index contributed by atoms with van der Waals surface area (Å²) < 4.78 is 59.2. The van der Waals surface area contributed by atoms with Crippen molar-refractivity contribution in [1.82, 2.24) is 0 Å². The molecule has 0 aliphatic heterocycles. The number of rotatable bonds is 12. The monoisotopic (exact) mass is 535 g/mol. The molecule has 0 aromatic heterocycles. The minimum absolute atomic E-state index is 0.00477. The molecule has 0 unspecified atom stereocenters. The van der Waals surface area contributed by atoms with Crippen LogP contribution in [0.2, 0.25) is 0 Å². The molecule has 0 saturated carbocycles. The Kier molecular flexibility index (Phi) is 11.3. The van der Waals surface area contributed by atoms with Gasteiger partial charge in [0.15, 0.2) is 11.5 Å². The van der Waals surface area contributed by atoms with Gasteiger partial charge in [-0.15, -0.1) is 23.4 Å². The van der Waals surface area contributed by atoms with E-state index in [4.69, 9.17) is 30.5 Å². The molecule has 0 fully saturated rings. The summed E-state index contributed by atoms with van der Waals surface area (Å²) in [6, 6.07) is 9.42. The Balaban J connectivity index is 2.30. The Labute approximate surface area is 210 Å². The molecule has 7 nitrogen and oxygen atoms in total. The van der Waals surface area contributed by atoms with E-state index in [1.54, 1.807) is 25.1 Å². The van der Waals surface area contributed by atoms with E-state index in [9.17, 15) is 22.8 Å². The predicted molar refractivity (Wildman–Crippen MR) is 128 cm³/mol. The third-order valence-electron chi connectivity index (χ3n) is 4.24. The predicted octanol–water partition coefficient (Wildman–Crippen LogP) is 6.18. The summed E-state index contributed by atoms with van der Waals surface area (Å²) >= 11 is 6.14. The van der Waals surface area contributed by atoms with Crippen LogP contribution in [0.5, 0.6) is 17.2 Å². The van der Waals surface area contributed by atoms with Gasteiger partial charge in [-0.3, -0.25) is 10.1 Å². The van der Waals surface area contributed by atoms with Crippen LogP contribution in [0.1, 0.15) is 18.1 Å². The topological polar surface area (TPSA) is 83.1 Å². The zero-order valence-electron chi connectivity index (χ0n) is 19.1. The van der Waals surface area contributed by atoms with Crippen LogP contribution in [0.4, 0.5) is 23.7 Å². The molecule has 1 amide bonds. The fourth-order valence-corrected chi connectivity index (χ4v) is 3.70. The number of alkyl halides is 4. The first kappa shape index (κ1) is 28.4. The number of carbonyl (C=O) groups is 2. The van der Waals surface area contributed by atoms with Crippen molar-refractivity contribution in [2.24, 2.45) is 0 Å². The third kappa shape index (κ3) is 10.2. The molecule has 35 heavy (non-hydrogen) atoms. The molecule has 1 N–H and O–H groups in total. The second-order valence-electron chi connectivity index (χ2n) is 6.95. The summed E-state index contributed by atoms with van der Waals surface area (Å²) in [5.74, 6) is -0.518. The maximum Gasteiger partial charge on any atom is 0.411 e. The molecule has 0 radical (unpaired) electrons. The number of benzene rings is 2. The minimum Gasteiger partial charge on any atom is -0.493 e. The molecule has 0 bridgehead atoms. The summed E-state index contributed by atoms with van der Waals surface area (Å²) in [6.07, 6.45) is -5.07. The number of amides is 1. The zero-order chi connectivity index (χ0) is 25.8. The highest BCUT2D eigenvalue weighted by molar-refractivity contribution is 7.98. The first-order valence-electron chi connectivity index (χ1n) is 10.4. The van der Waals surface area contributed by atoms with Gasteiger partial charge >= 0.3 is 18.2 Å². The van der Waals surface area contributed by atoms with Crippen LogP contribution in [-0.4, -0.2) is 50.2 Å². The molecule has 0 aliphatic carbocycles. The Bertz CT molecular complexity index is 1010. The third-order valence-corrected chi connectivity index (χ3v) is 5.44. The van der Waals surface area contributed by atoms with Gasteiger partial charge in [-0.2, -0.15) is 13.2 Å². The number of hydrogen-bond donors (Lipinski definition) is 1. The lowest BCUT2D eigenvalue weighted by atomic mass is 10.1. The molecule has 0 aliphatic rings. The van der Waals surface area contributed by atoms with Crippen molar-refractivity contribution >= 4 is 41.1 Å². The summed E-state index contributed by atoms with van der Waals surface area (Å²) in [7, 11) is 1.44. The number of carbonyl (C=O) groups excluding carboxylic acids is 2. The SMILES string of the molecule is CCOC(=O)Cc1ccc(OC)c(Oc2ccc(NC(=O)OCCCl)cc2CSCC(F)(F)F)c1. The maximum absolute atomic E-state index is 12.7. The Hall–Kier alpha value is -2.79. The van der Waals surface area contributed by atoms with Gasteiger partial charge in [-0.05, 0) is 42.8 Å². The van der Waals surface area contributed by atoms with Crippen LogP contribution in [0.15, 0.2) is 36.4 Å². The fraction of sp³-hybridized carbons (Fsp3) is 0.391. The number of methoxy groups -OCH3 is 1. The van der Waals surface area contributed by atoms with Gasteiger partial charge in [-0.25, -0.2) is 4.79 Å². The number of thioether (sulfide) groups is 1. The Morgan fingerprint density at radius 2 is 1.80 bits per heavy atom. The lowest BCUT2D eigenvalue weighted by molar-refractivity contribution is -0.142. The molecule has 0 atom stereocenters. The van der Waals surface area contributed by atoms with E-state index in [0.29, 0.717) is 34.3 Å². The Morgan fingerprint density at radius 3 is 2.46 bits per heavy atom. The zero-order valence-corrected chi connectivity index (χ0v) is 20.6. The lowest BCUT2D eigenvalue weighted by Crippen LogP contribution is -2.15. The summed E-state index contributed by atoms with van der Waals surface area (Å²) in [5, 5.41) is 2.50. The van der Waals surface area contributed by atoms with E-state index >= 15 is 0 Å². The van der Waals surface area contributed by atoms with Crippen molar-refractivity contribution in [1.29, 1.82) is 0 Å². The maximum atomic E-state index is 12.7. The Morgan fingerprint density at radius 1 is 1.06 bits per heavy atom. The molecule has 0 spiro atoms. The number of nitrogens with one attached hydrogen (secondary N) is 1. The number of hydrogen-bond acceptors (Lipinski definition) is 7. The average molecular weight is 536 g/mol. The standard InChI is InChI=1S/C23H25ClF3NO6S/c1-3-32-21(29)11-15-4-6-19(31-2)20(10-15)34-18-7-5-17(28-22(30)33-9-8-24)12-16(18)13-35-14-23(25,26)27/h4-7,10,12H,3,8-9,11,13-14H2,1-2H3,(H,28,30). The van der Waals surface area contributed by atoms with Gasteiger partial charge < -0.3 is 18.9 Å². The fourth-order valence-electron chi connectivity index (χ4n) is 2.84. The van der Waals surface area contributed by atoms with Crippen molar-refractivity contribution in [3.8, 4) is 17.2 Å². The van der Waals surface area contributed by atoms with Gasteiger partial charge in [0.25, 0.3) is 0 Å². The molecule has 2 aromatic rings. The molecule has 192 valence electrons. The molecule has 2 rings (SSSR count). The van der Waals surface area contributed by atoms with E-state index < -0.39 is 24.0 Å². The van der Waals surface area contributed by atoms with Crippen LogP contribution in [-0.2, 0) is 26.4 Å². The highest BCUT2D eigenvalue weighted by Crippen LogP contribution is 2.37. The molecule has 0 saturated heterocycles. The first-order valence-corrected chi connectivity index (χ1v) is 12.1. The van der Waals surface area contributed by atoms with E-state index in [1.165, 1.54) is 25.3 Å². The van der Waals surface area contributed by atoms with Gasteiger partial charge in [0, 0.05) is 17.0 Å². The van der Waals surface area contributed by atoms with E-state index in [0.717, 1.165) is 0 Å². The summed E-state index contributed by atoms with van der Waals surface area (Å²) in [6.45, 7) is 1.96. The second kappa shape index (κ2) is 13.9. The molecule has 12 heteroatoms. The molecule has 0 heterocycles. The number of ether oxygens (including phenoxy) is 4. The first-order chi connectivity index (χ1) is 16.6. The van der Waals surface area contributed by atoms with Crippen molar-refractivity contribution < 1.29 is 41.7 Å². The van der Waals surface area contributed by atoms with Crippen LogP contribution in [0.25, 0.3) is 0 Å². The second-order valence-corrected chi connectivity index (χ2v) is 8.31. The minimum atomic E-state index is -4.34. The van der Waals surface area contributed by atoms with Crippen LogP contribution >= 0.6 is 23.4 Å². The number of anilines is 1. The highest BCUT2D eigenvalue weighted by atomic mass is 35.5. The van der Waals surface area contributed by atoms with E-state index in [-0.39, 0.29) is 42.8 Å². The number of halogens is 4. The summed E-state index contributed by atoms with van der Waals surface area (Å²) in [5.41, 5.74) is 1.31. The van der Waals surface area contributed by atoms with Gasteiger partial charge in [0.1, 0.15) is 12.4 Å². The van der Waals surface area contributed by atoms with E-state index in [1.807, 2.05) is 0 Å². The van der Waals surface area contributed by atoms with Crippen molar-refractivity contribution in [3.63, 3.8) is 0 Å².